The van der Waals surface area contributed by atoms with Crippen molar-refractivity contribution in [1.29, 1.82) is 0 Å². The number of carbonyl (C=O) groups excluding carboxylic acids is 1. The number of hydrogen-bond donors (Lipinski definition) is 1. The molecule has 0 radical (unpaired) electrons. The zero-order chi connectivity index (χ0) is 14.0. The monoisotopic (exact) mass is 261 g/mol. The largest absolute Gasteiger partial charge is 0.319 e. The molecule has 1 aromatic heterocycles. The standard InChI is InChI=1S/C14H16FN3O/c1-9(2)18-8-12(7-16-18)17-14(19)13-5-4-11(15)6-10(13)3/h4-9H,1-3H3,(H,17,19). The summed E-state index contributed by atoms with van der Waals surface area (Å²) in [7, 11) is 0. The molecule has 19 heavy (non-hydrogen) atoms. The van der Waals surface area contributed by atoms with Crippen LogP contribution in [0.3, 0.4) is 0 Å². The van der Waals surface area contributed by atoms with Crippen LogP contribution in [0.2, 0.25) is 0 Å². The van der Waals surface area contributed by atoms with E-state index in [1.807, 2.05) is 13.8 Å². The lowest BCUT2D eigenvalue weighted by Gasteiger charge is -2.06. The van der Waals surface area contributed by atoms with Gasteiger partial charge in [-0.25, -0.2) is 4.39 Å². The van der Waals surface area contributed by atoms with Crippen LogP contribution in [0.15, 0.2) is 30.6 Å². The number of hydrogen-bond acceptors (Lipinski definition) is 2. The van der Waals surface area contributed by atoms with Crippen molar-refractivity contribution in [2.75, 3.05) is 5.32 Å². The average Bonchev–Trinajstić information content (AvgIpc) is 2.77. The second-order valence-electron chi connectivity index (χ2n) is 4.72. The van der Waals surface area contributed by atoms with Crippen molar-refractivity contribution in [2.24, 2.45) is 0 Å². The van der Waals surface area contributed by atoms with Gasteiger partial charge in [-0.3, -0.25) is 9.48 Å². The van der Waals surface area contributed by atoms with Gasteiger partial charge in [0.2, 0.25) is 0 Å². The van der Waals surface area contributed by atoms with E-state index in [4.69, 9.17) is 0 Å². The van der Waals surface area contributed by atoms with E-state index in [1.54, 1.807) is 24.0 Å². The van der Waals surface area contributed by atoms with Gasteiger partial charge in [-0.2, -0.15) is 5.10 Å². The van der Waals surface area contributed by atoms with Crippen molar-refractivity contribution in [3.8, 4) is 0 Å². The lowest BCUT2D eigenvalue weighted by molar-refractivity contribution is 0.102. The number of aromatic nitrogens is 2. The first kappa shape index (κ1) is 13.3. The highest BCUT2D eigenvalue weighted by atomic mass is 19.1. The van der Waals surface area contributed by atoms with Gasteiger partial charge in [0.05, 0.1) is 11.9 Å². The lowest BCUT2D eigenvalue weighted by Crippen LogP contribution is -2.13. The average molecular weight is 261 g/mol. The molecule has 1 amide bonds. The van der Waals surface area contributed by atoms with E-state index in [0.29, 0.717) is 16.8 Å². The topological polar surface area (TPSA) is 46.9 Å². The molecule has 0 bridgehead atoms. The summed E-state index contributed by atoms with van der Waals surface area (Å²) in [6, 6.07) is 4.33. The minimum Gasteiger partial charge on any atom is -0.319 e. The fourth-order valence-corrected chi connectivity index (χ4v) is 1.77. The molecule has 0 saturated heterocycles. The number of carbonyl (C=O) groups is 1. The van der Waals surface area contributed by atoms with Gasteiger partial charge in [0.25, 0.3) is 5.91 Å². The van der Waals surface area contributed by atoms with Gasteiger partial charge in [0.1, 0.15) is 5.82 Å². The fourth-order valence-electron chi connectivity index (χ4n) is 1.77. The van der Waals surface area contributed by atoms with Gasteiger partial charge >= 0.3 is 0 Å². The van der Waals surface area contributed by atoms with E-state index in [1.165, 1.54) is 18.2 Å². The third kappa shape index (κ3) is 2.99. The number of anilines is 1. The van der Waals surface area contributed by atoms with Crippen LogP contribution < -0.4 is 5.32 Å². The first-order valence-corrected chi connectivity index (χ1v) is 6.09. The van der Waals surface area contributed by atoms with Gasteiger partial charge in [-0.15, -0.1) is 0 Å². The molecule has 0 unspecified atom stereocenters. The number of amides is 1. The van der Waals surface area contributed by atoms with Crippen LogP contribution in [-0.4, -0.2) is 15.7 Å². The Morgan fingerprint density at radius 3 is 2.74 bits per heavy atom. The molecule has 2 aromatic rings. The second-order valence-corrected chi connectivity index (χ2v) is 4.72. The molecular formula is C14H16FN3O. The SMILES string of the molecule is Cc1cc(F)ccc1C(=O)Nc1cnn(C(C)C)c1. The molecule has 4 nitrogen and oxygen atoms in total. The summed E-state index contributed by atoms with van der Waals surface area (Å²) < 4.78 is 14.7. The maximum atomic E-state index is 13.0. The molecule has 1 N–H and O–H groups in total. The smallest absolute Gasteiger partial charge is 0.256 e. The van der Waals surface area contributed by atoms with E-state index < -0.39 is 0 Å². The molecule has 0 aliphatic rings. The van der Waals surface area contributed by atoms with Crippen molar-refractivity contribution in [1.82, 2.24) is 9.78 Å². The molecule has 0 saturated carbocycles. The third-order valence-electron chi connectivity index (χ3n) is 2.82. The van der Waals surface area contributed by atoms with Crippen molar-refractivity contribution in [3.63, 3.8) is 0 Å². The number of nitrogens with zero attached hydrogens (tertiary/aromatic N) is 2. The number of nitrogens with one attached hydrogen (secondary N) is 1. The van der Waals surface area contributed by atoms with Crippen LogP contribution >= 0.6 is 0 Å². The molecule has 0 fully saturated rings. The predicted molar refractivity (Wildman–Crippen MR) is 71.7 cm³/mol. The Kier molecular flexibility index (Phi) is 3.64. The quantitative estimate of drug-likeness (QED) is 0.922. The highest BCUT2D eigenvalue weighted by Gasteiger charge is 2.11. The van der Waals surface area contributed by atoms with Gasteiger partial charge in [-0.1, -0.05) is 0 Å². The van der Waals surface area contributed by atoms with Crippen LogP contribution in [0.5, 0.6) is 0 Å². The number of benzene rings is 1. The zero-order valence-electron chi connectivity index (χ0n) is 11.1. The zero-order valence-corrected chi connectivity index (χ0v) is 11.1. The molecule has 100 valence electrons. The maximum absolute atomic E-state index is 13.0. The van der Waals surface area contributed by atoms with Crippen LogP contribution in [0.25, 0.3) is 0 Å². The lowest BCUT2D eigenvalue weighted by atomic mass is 10.1. The Morgan fingerprint density at radius 2 is 2.16 bits per heavy atom. The third-order valence-corrected chi connectivity index (χ3v) is 2.82. The predicted octanol–water partition coefficient (Wildman–Crippen LogP) is 3.16. The summed E-state index contributed by atoms with van der Waals surface area (Å²) in [6.07, 6.45) is 3.36. The van der Waals surface area contributed by atoms with E-state index >= 15 is 0 Å². The van der Waals surface area contributed by atoms with Gasteiger partial charge < -0.3 is 5.32 Å². The number of halogens is 1. The van der Waals surface area contributed by atoms with Crippen molar-refractivity contribution in [3.05, 3.63) is 47.5 Å². The summed E-state index contributed by atoms with van der Waals surface area (Å²) in [5.74, 6) is -0.609. The van der Waals surface area contributed by atoms with Gasteiger partial charge in [-0.05, 0) is 44.5 Å². The summed E-state index contributed by atoms with van der Waals surface area (Å²) in [6.45, 7) is 5.71. The van der Waals surface area contributed by atoms with E-state index in [0.717, 1.165) is 0 Å². The Labute approximate surface area is 111 Å². The molecule has 5 heteroatoms. The number of rotatable bonds is 3. The molecule has 0 aliphatic carbocycles. The van der Waals surface area contributed by atoms with E-state index in [-0.39, 0.29) is 17.8 Å². The minimum absolute atomic E-state index is 0.234. The van der Waals surface area contributed by atoms with Crippen molar-refractivity contribution < 1.29 is 9.18 Å². The minimum atomic E-state index is -0.346. The van der Waals surface area contributed by atoms with E-state index in [2.05, 4.69) is 10.4 Å². The molecule has 1 heterocycles. The van der Waals surface area contributed by atoms with Crippen LogP contribution in [0.1, 0.15) is 35.8 Å². The molecule has 1 aromatic carbocycles. The van der Waals surface area contributed by atoms with Gasteiger partial charge in [0.15, 0.2) is 0 Å². The number of aryl methyl sites for hydroxylation is 1. The molecule has 0 spiro atoms. The van der Waals surface area contributed by atoms with Crippen LogP contribution in [0.4, 0.5) is 10.1 Å². The highest BCUT2D eigenvalue weighted by Crippen LogP contribution is 2.14. The first-order valence-electron chi connectivity index (χ1n) is 6.09. The molecule has 2 rings (SSSR count). The second kappa shape index (κ2) is 5.22. The normalized spacial score (nSPS) is 10.8. The Morgan fingerprint density at radius 1 is 1.42 bits per heavy atom. The van der Waals surface area contributed by atoms with Crippen LogP contribution in [0, 0.1) is 12.7 Å². The van der Waals surface area contributed by atoms with Gasteiger partial charge in [0, 0.05) is 17.8 Å². The fraction of sp³-hybridized carbons (Fsp3) is 0.286. The summed E-state index contributed by atoms with van der Waals surface area (Å²) in [5.41, 5.74) is 1.69. The Bertz CT molecular complexity index is 604. The van der Waals surface area contributed by atoms with Crippen molar-refractivity contribution in [2.45, 2.75) is 26.8 Å². The molecular weight excluding hydrogens is 245 g/mol. The van der Waals surface area contributed by atoms with Crippen LogP contribution in [-0.2, 0) is 0 Å². The van der Waals surface area contributed by atoms with E-state index in [9.17, 15) is 9.18 Å². The summed E-state index contributed by atoms with van der Waals surface area (Å²) in [4.78, 5) is 12.1. The summed E-state index contributed by atoms with van der Waals surface area (Å²) in [5, 5.41) is 6.89. The first-order chi connectivity index (χ1) is 8.97. The summed E-state index contributed by atoms with van der Waals surface area (Å²) >= 11 is 0. The Hall–Kier alpha value is -2.17. The molecule has 0 atom stereocenters. The maximum Gasteiger partial charge on any atom is 0.256 e. The highest BCUT2D eigenvalue weighted by molar-refractivity contribution is 6.05. The Balaban J connectivity index is 2.16. The van der Waals surface area contributed by atoms with Crippen molar-refractivity contribution >= 4 is 11.6 Å². The molecule has 0 aliphatic heterocycles.